The highest BCUT2D eigenvalue weighted by Gasteiger charge is 2.13. The lowest BCUT2D eigenvalue weighted by molar-refractivity contribution is 0.102. The van der Waals surface area contributed by atoms with E-state index in [1.807, 2.05) is 0 Å². The fourth-order valence-corrected chi connectivity index (χ4v) is 2.34. The van der Waals surface area contributed by atoms with Gasteiger partial charge in [0.05, 0.1) is 5.56 Å². The Balaban J connectivity index is 2.03. The average molecular weight is 277 g/mol. The Hall–Kier alpha value is -1.95. The van der Waals surface area contributed by atoms with Crippen LogP contribution in [-0.4, -0.2) is 21.2 Å². The molecule has 1 aromatic heterocycles. The molecule has 0 fully saturated rings. The standard InChI is InChI=1S/C13H15N3O2S/c1-2-3-8-11-15-16-13(19-11)14-12(18)9-6-4-5-7-10(9)17/h4-7,17H,2-3,8H2,1H3,(H,14,16,18). The number of phenols is 1. The SMILES string of the molecule is CCCCc1nnc(NC(=O)c2ccccc2O)s1. The summed E-state index contributed by atoms with van der Waals surface area (Å²) in [6.45, 7) is 2.11. The number of carbonyl (C=O) groups is 1. The third kappa shape index (κ3) is 3.51. The molecular weight excluding hydrogens is 262 g/mol. The van der Waals surface area contributed by atoms with Gasteiger partial charge in [0.15, 0.2) is 0 Å². The van der Waals surface area contributed by atoms with Crippen LogP contribution in [0.25, 0.3) is 0 Å². The molecule has 2 N–H and O–H groups in total. The number of aromatic nitrogens is 2. The van der Waals surface area contributed by atoms with Gasteiger partial charge in [0.2, 0.25) is 5.13 Å². The molecule has 2 rings (SSSR count). The number of phenolic OH excluding ortho intramolecular Hbond substituents is 1. The van der Waals surface area contributed by atoms with Crippen LogP contribution in [-0.2, 0) is 6.42 Å². The number of unbranched alkanes of at least 4 members (excludes halogenated alkanes) is 1. The van der Waals surface area contributed by atoms with Crippen molar-refractivity contribution in [3.05, 3.63) is 34.8 Å². The summed E-state index contributed by atoms with van der Waals surface area (Å²) in [5, 5.41) is 21.5. The normalized spacial score (nSPS) is 10.4. The smallest absolute Gasteiger partial charge is 0.261 e. The van der Waals surface area contributed by atoms with Crippen LogP contribution in [0.4, 0.5) is 5.13 Å². The van der Waals surface area contributed by atoms with Crippen molar-refractivity contribution in [1.82, 2.24) is 10.2 Å². The van der Waals surface area contributed by atoms with Gasteiger partial charge in [-0.25, -0.2) is 0 Å². The van der Waals surface area contributed by atoms with Gasteiger partial charge in [0, 0.05) is 6.42 Å². The molecule has 0 aliphatic heterocycles. The number of hydrogen-bond acceptors (Lipinski definition) is 5. The van der Waals surface area contributed by atoms with Crippen LogP contribution in [0.5, 0.6) is 5.75 Å². The summed E-state index contributed by atoms with van der Waals surface area (Å²) in [5.74, 6) is -0.424. The molecule has 1 heterocycles. The van der Waals surface area contributed by atoms with Crippen LogP contribution >= 0.6 is 11.3 Å². The molecule has 0 unspecified atom stereocenters. The van der Waals surface area contributed by atoms with E-state index >= 15 is 0 Å². The molecule has 2 aromatic rings. The molecule has 6 heteroatoms. The van der Waals surface area contributed by atoms with E-state index in [0.29, 0.717) is 5.13 Å². The zero-order chi connectivity index (χ0) is 13.7. The van der Waals surface area contributed by atoms with Gasteiger partial charge in [-0.05, 0) is 18.6 Å². The maximum Gasteiger partial charge on any atom is 0.261 e. The van der Waals surface area contributed by atoms with E-state index in [4.69, 9.17) is 0 Å². The summed E-state index contributed by atoms with van der Waals surface area (Å²) in [4.78, 5) is 11.9. The van der Waals surface area contributed by atoms with Crippen LogP contribution in [0.3, 0.4) is 0 Å². The highest BCUT2D eigenvalue weighted by atomic mass is 32.1. The number of aryl methyl sites for hydroxylation is 1. The lowest BCUT2D eigenvalue weighted by atomic mass is 10.2. The molecule has 0 saturated carbocycles. The minimum Gasteiger partial charge on any atom is -0.507 e. The first-order valence-electron chi connectivity index (χ1n) is 6.12. The van der Waals surface area contributed by atoms with Gasteiger partial charge in [0.25, 0.3) is 5.91 Å². The Morgan fingerprint density at radius 3 is 2.89 bits per heavy atom. The average Bonchev–Trinajstić information content (AvgIpc) is 2.84. The van der Waals surface area contributed by atoms with E-state index < -0.39 is 0 Å². The number of para-hydroxylation sites is 1. The van der Waals surface area contributed by atoms with Crippen molar-refractivity contribution in [2.45, 2.75) is 26.2 Å². The van der Waals surface area contributed by atoms with Crippen LogP contribution in [0.2, 0.25) is 0 Å². The number of benzene rings is 1. The molecule has 1 amide bonds. The topological polar surface area (TPSA) is 75.1 Å². The first-order chi connectivity index (χ1) is 9.20. The largest absolute Gasteiger partial charge is 0.507 e. The number of amides is 1. The van der Waals surface area contributed by atoms with E-state index in [-0.39, 0.29) is 17.2 Å². The monoisotopic (exact) mass is 277 g/mol. The van der Waals surface area contributed by atoms with Gasteiger partial charge in [-0.3, -0.25) is 10.1 Å². The second-order valence-electron chi connectivity index (χ2n) is 4.08. The van der Waals surface area contributed by atoms with E-state index in [1.165, 1.54) is 17.4 Å². The number of nitrogens with zero attached hydrogens (tertiary/aromatic N) is 2. The Morgan fingerprint density at radius 2 is 2.16 bits per heavy atom. The van der Waals surface area contributed by atoms with Gasteiger partial charge in [-0.2, -0.15) is 0 Å². The van der Waals surface area contributed by atoms with Gasteiger partial charge >= 0.3 is 0 Å². The van der Waals surface area contributed by atoms with Crippen LogP contribution in [0.1, 0.15) is 35.1 Å². The third-order valence-electron chi connectivity index (χ3n) is 2.58. The zero-order valence-electron chi connectivity index (χ0n) is 10.6. The highest BCUT2D eigenvalue weighted by molar-refractivity contribution is 7.15. The molecule has 0 bridgehead atoms. The highest BCUT2D eigenvalue weighted by Crippen LogP contribution is 2.20. The minimum atomic E-state index is -0.378. The van der Waals surface area contributed by atoms with Crippen molar-refractivity contribution in [3.8, 4) is 5.75 Å². The van der Waals surface area contributed by atoms with E-state index in [9.17, 15) is 9.90 Å². The number of aromatic hydroxyl groups is 1. The molecule has 0 radical (unpaired) electrons. The first-order valence-corrected chi connectivity index (χ1v) is 6.94. The molecule has 100 valence electrons. The second-order valence-corrected chi connectivity index (χ2v) is 5.14. The number of hydrogen-bond donors (Lipinski definition) is 2. The van der Waals surface area contributed by atoms with Gasteiger partial charge in [-0.1, -0.05) is 36.8 Å². The van der Waals surface area contributed by atoms with Gasteiger partial charge in [0.1, 0.15) is 10.8 Å². The molecule has 0 atom stereocenters. The molecule has 0 saturated heterocycles. The van der Waals surface area contributed by atoms with E-state index in [2.05, 4.69) is 22.4 Å². The quantitative estimate of drug-likeness (QED) is 0.881. The first kappa shape index (κ1) is 13.5. The van der Waals surface area contributed by atoms with Gasteiger partial charge < -0.3 is 5.11 Å². The van der Waals surface area contributed by atoms with Crippen LogP contribution < -0.4 is 5.32 Å². The maximum absolute atomic E-state index is 11.9. The predicted molar refractivity (Wildman–Crippen MR) is 74.6 cm³/mol. The molecule has 0 spiro atoms. The molecule has 19 heavy (non-hydrogen) atoms. The van der Waals surface area contributed by atoms with Crippen molar-refractivity contribution in [1.29, 1.82) is 0 Å². The second kappa shape index (κ2) is 6.29. The third-order valence-corrected chi connectivity index (χ3v) is 3.48. The Bertz CT molecular complexity index is 569. The lowest BCUT2D eigenvalue weighted by Gasteiger charge is -2.02. The molecule has 0 aliphatic rings. The predicted octanol–water partition coefficient (Wildman–Crippen LogP) is 2.84. The number of nitrogens with one attached hydrogen (secondary N) is 1. The zero-order valence-corrected chi connectivity index (χ0v) is 11.4. The van der Waals surface area contributed by atoms with Crippen molar-refractivity contribution < 1.29 is 9.90 Å². The van der Waals surface area contributed by atoms with Gasteiger partial charge in [-0.15, -0.1) is 10.2 Å². The summed E-state index contributed by atoms with van der Waals surface area (Å²) in [5.41, 5.74) is 0.229. The summed E-state index contributed by atoms with van der Waals surface area (Å²) in [7, 11) is 0. The van der Waals surface area contributed by atoms with Crippen LogP contribution in [0, 0.1) is 0 Å². The Morgan fingerprint density at radius 1 is 1.37 bits per heavy atom. The molecule has 0 aliphatic carbocycles. The maximum atomic E-state index is 11.9. The van der Waals surface area contributed by atoms with Crippen molar-refractivity contribution in [3.63, 3.8) is 0 Å². The number of carbonyl (C=O) groups excluding carboxylic acids is 1. The number of rotatable bonds is 5. The lowest BCUT2D eigenvalue weighted by Crippen LogP contribution is -2.11. The fraction of sp³-hybridized carbons (Fsp3) is 0.308. The van der Waals surface area contributed by atoms with Crippen LogP contribution in [0.15, 0.2) is 24.3 Å². The molecular formula is C13H15N3O2S. The summed E-state index contributed by atoms with van der Waals surface area (Å²) in [6.07, 6.45) is 3.03. The molecule has 5 nitrogen and oxygen atoms in total. The minimum absolute atomic E-state index is 0.0456. The number of anilines is 1. The summed E-state index contributed by atoms with van der Waals surface area (Å²) < 4.78 is 0. The van der Waals surface area contributed by atoms with E-state index in [0.717, 1.165) is 24.3 Å². The Kier molecular flexibility index (Phi) is 4.46. The molecule has 1 aromatic carbocycles. The van der Waals surface area contributed by atoms with E-state index in [1.54, 1.807) is 18.2 Å². The Labute approximate surface area is 115 Å². The fourth-order valence-electron chi connectivity index (χ4n) is 1.56. The summed E-state index contributed by atoms with van der Waals surface area (Å²) >= 11 is 1.37. The van der Waals surface area contributed by atoms with Crippen molar-refractivity contribution in [2.75, 3.05) is 5.32 Å². The van der Waals surface area contributed by atoms with Crippen molar-refractivity contribution >= 4 is 22.4 Å². The van der Waals surface area contributed by atoms with Crippen molar-refractivity contribution in [2.24, 2.45) is 0 Å². The summed E-state index contributed by atoms with van der Waals surface area (Å²) in [6, 6.07) is 6.40.